The first kappa shape index (κ1) is 16.6. The van der Waals surface area contributed by atoms with Crippen molar-refractivity contribution in [1.82, 2.24) is 9.97 Å². The van der Waals surface area contributed by atoms with Gasteiger partial charge in [-0.15, -0.1) is 11.3 Å². The van der Waals surface area contributed by atoms with Crippen molar-refractivity contribution in [2.75, 3.05) is 0 Å². The van der Waals surface area contributed by atoms with Crippen molar-refractivity contribution in [3.05, 3.63) is 83.8 Å². The lowest BCUT2D eigenvalue weighted by molar-refractivity contribution is 0.0434. The van der Waals surface area contributed by atoms with E-state index in [9.17, 15) is 4.79 Å². The summed E-state index contributed by atoms with van der Waals surface area (Å²) < 4.78 is 11.1. The second-order valence-electron chi connectivity index (χ2n) is 6.27. The summed E-state index contributed by atoms with van der Waals surface area (Å²) in [6, 6.07) is 17.4. The van der Waals surface area contributed by atoms with E-state index in [1.807, 2.05) is 53.9 Å². The lowest BCUT2D eigenvalue weighted by Gasteiger charge is -1.99. The first-order valence-corrected chi connectivity index (χ1v) is 9.59. The van der Waals surface area contributed by atoms with Gasteiger partial charge in [-0.25, -0.2) is 9.78 Å². The van der Waals surface area contributed by atoms with Crippen LogP contribution in [0.25, 0.3) is 32.3 Å². The second kappa shape index (κ2) is 6.90. The van der Waals surface area contributed by atoms with Gasteiger partial charge in [0.1, 0.15) is 17.2 Å². The van der Waals surface area contributed by atoms with Crippen molar-refractivity contribution in [2.24, 2.45) is 0 Å². The molecule has 5 aromatic rings. The third kappa shape index (κ3) is 3.04. The highest BCUT2D eigenvalue weighted by Crippen LogP contribution is 2.29. The zero-order chi connectivity index (χ0) is 18.9. The maximum atomic E-state index is 12.5. The molecule has 3 heterocycles. The molecule has 28 heavy (non-hydrogen) atoms. The number of hydrogen-bond acceptors (Lipinski definition) is 6. The molecule has 6 heteroatoms. The van der Waals surface area contributed by atoms with Gasteiger partial charge in [0.2, 0.25) is 5.76 Å². The van der Waals surface area contributed by atoms with Gasteiger partial charge in [0.05, 0.1) is 5.69 Å². The van der Waals surface area contributed by atoms with Crippen molar-refractivity contribution in [2.45, 2.75) is 6.61 Å². The Morgan fingerprint density at radius 1 is 1.04 bits per heavy atom. The van der Waals surface area contributed by atoms with E-state index in [1.165, 1.54) is 11.3 Å². The van der Waals surface area contributed by atoms with Gasteiger partial charge in [-0.3, -0.25) is 4.98 Å². The van der Waals surface area contributed by atoms with Crippen molar-refractivity contribution in [3.8, 4) is 10.6 Å². The monoisotopic (exact) mass is 386 g/mol. The van der Waals surface area contributed by atoms with E-state index in [4.69, 9.17) is 9.15 Å². The summed E-state index contributed by atoms with van der Waals surface area (Å²) in [7, 11) is 0. The molecule has 0 fully saturated rings. The highest BCUT2D eigenvalue weighted by Gasteiger charge is 2.16. The Morgan fingerprint density at radius 2 is 1.89 bits per heavy atom. The van der Waals surface area contributed by atoms with Gasteiger partial charge < -0.3 is 9.15 Å². The summed E-state index contributed by atoms with van der Waals surface area (Å²) in [4.78, 5) is 21.0. The SMILES string of the molecule is O=C(OCc1csc(-c2ccncc2)n1)c1cc2c(ccc3ccccc32)o1. The Hall–Kier alpha value is -3.51. The van der Waals surface area contributed by atoms with Gasteiger partial charge in [0, 0.05) is 28.7 Å². The number of aromatic nitrogens is 2. The quantitative estimate of drug-likeness (QED) is 0.384. The topological polar surface area (TPSA) is 65.2 Å². The molecule has 0 aliphatic carbocycles. The van der Waals surface area contributed by atoms with Crippen LogP contribution in [-0.4, -0.2) is 15.9 Å². The summed E-state index contributed by atoms with van der Waals surface area (Å²) in [5.74, 6) is -0.310. The van der Waals surface area contributed by atoms with E-state index in [0.29, 0.717) is 11.3 Å². The van der Waals surface area contributed by atoms with Crippen LogP contribution < -0.4 is 0 Å². The molecule has 0 aliphatic rings. The predicted octanol–water partition coefficient (Wildman–Crippen LogP) is 5.46. The average Bonchev–Trinajstić information content (AvgIpc) is 3.40. The van der Waals surface area contributed by atoms with Crippen molar-refractivity contribution < 1.29 is 13.9 Å². The Kier molecular flexibility index (Phi) is 4.10. The largest absolute Gasteiger partial charge is 0.453 e. The minimum atomic E-state index is -0.501. The molecule has 5 nitrogen and oxygen atoms in total. The molecule has 2 aromatic carbocycles. The lowest BCUT2D eigenvalue weighted by Crippen LogP contribution is -2.04. The van der Waals surface area contributed by atoms with E-state index in [-0.39, 0.29) is 12.4 Å². The average molecular weight is 386 g/mol. The van der Waals surface area contributed by atoms with E-state index < -0.39 is 5.97 Å². The minimum absolute atomic E-state index is 0.0954. The van der Waals surface area contributed by atoms with E-state index >= 15 is 0 Å². The Balaban J connectivity index is 1.35. The number of fused-ring (bicyclic) bond motifs is 3. The maximum absolute atomic E-state index is 12.5. The van der Waals surface area contributed by atoms with Gasteiger partial charge >= 0.3 is 5.97 Å². The van der Waals surface area contributed by atoms with Gasteiger partial charge in [-0.1, -0.05) is 30.3 Å². The number of esters is 1. The van der Waals surface area contributed by atoms with Crippen LogP contribution >= 0.6 is 11.3 Å². The van der Waals surface area contributed by atoms with E-state index in [1.54, 1.807) is 18.5 Å². The molecule has 0 amide bonds. The summed E-state index contributed by atoms with van der Waals surface area (Å²) in [6.07, 6.45) is 3.45. The standard InChI is InChI=1S/C22H14N2O3S/c25-22(26-12-16-13-28-21(24-16)15-7-9-23-10-8-15)20-11-18-17-4-2-1-3-14(17)5-6-19(18)27-20/h1-11,13H,12H2. The third-order valence-corrected chi connectivity index (χ3v) is 5.40. The molecule has 5 rings (SSSR count). The smallest absolute Gasteiger partial charge is 0.374 e. The highest BCUT2D eigenvalue weighted by atomic mass is 32.1. The molecular weight excluding hydrogens is 372 g/mol. The third-order valence-electron chi connectivity index (χ3n) is 4.46. The molecule has 0 saturated heterocycles. The zero-order valence-corrected chi connectivity index (χ0v) is 15.5. The normalized spacial score (nSPS) is 11.1. The molecule has 0 radical (unpaired) electrons. The molecule has 3 aromatic heterocycles. The second-order valence-corrected chi connectivity index (χ2v) is 7.12. The number of pyridine rings is 1. The molecule has 0 N–H and O–H groups in total. The fourth-order valence-electron chi connectivity index (χ4n) is 3.10. The Morgan fingerprint density at radius 3 is 2.79 bits per heavy atom. The van der Waals surface area contributed by atoms with Crippen LogP contribution in [0.1, 0.15) is 16.2 Å². The van der Waals surface area contributed by atoms with Gasteiger partial charge in [0.15, 0.2) is 0 Å². The van der Waals surface area contributed by atoms with E-state index in [0.717, 1.165) is 26.7 Å². The number of nitrogens with zero attached hydrogens (tertiary/aromatic N) is 2. The van der Waals surface area contributed by atoms with E-state index in [2.05, 4.69) is 9.97 Å². The summed E-state index contributed by atoms with van der Waals surface area (Å²) in [5.41, 5.74) is 2.35. The zero-order valence-electron chi connectivity index (χ0n) is 14.7. The van der Waals surface area contributed by atoms with Crippen molar-refractivity contribution >= 4 is 39.0 Å². The van der Waals surface area contributed by atoms with Gasteiger partial charge in [-0.2, -0.15) is 0 Å². The number of hydrogen-bond donors (Lipinski definition) is 0. The number of furan rings is 1. The molecule has 0 bridgehead atoms. The lowest BCUT2D eigenvalue weighted by atomic mass is 10.1. The minimum Gasteiger partial charge on any atom is -0.453 e. The summed E-state index contributed by atoms with van der Waals surface area (Å²) >= 11 is 1.50. The Labute approximate surface area is 164 Å². The van der Waals surface area contributed by atoms with Crippen LogP contribution in [0.5, 0.6) is 0 Å². The number of rotatable bonds is 4. The highest BCUT2D eigenvalue weighted by molar-refractivity contribution is 7.13. The van der Waals surface area contributed by atoms with Crippen LogP contribution in [0.2, 0.25) is 0 Å². The summed E-state index contributed by atoms with van der Waals surface area (Å²) in [5, 5.41) is 5.79. The van der Waals surface area contributed by atoms with Gasteiger partial charge in [-0.05, 0) is 35.0 Å². The number of thiazole rings is 1. The predicted molar refractivity (Wildman–Crippen MR) is 108 cm³/mol. The molecule has 0 saturated carbocycles. The number of carbonyl (C=O) groups is 1. The van der Waals surface area contributed by atoms with Crippen LogP contribution in [0, 0.1) is 0 Å². The van der Waals surface area contributed by atoms with Crippen molar-refractivity contribution in [3.63, 3.8) is 0 Å². The first-order chi connectivity index (χ1) is 13.8. The first-order valence-electron chi connectivity index (χ1n) is 8.71. The van der Waals surface area contributed by atoms with Crippen LogP contribution in [0.4, 0.5) is 0 Å². The molecule has 0 aliphatic heterocycles. The maximum Gasteiger partial charge on any atom is 0.374 e. The molecule has 0 atom stereocenters. The molecule has 0 unspecified atom stereocenters. The van der Waals surface area contributed by atoms with Crippen molar-refractivity contribution in [1.29, 1.82) is 0 Å². The van der Waals surface area contributed by atoms with Gasteiger partial charge in [0.25, 0.3) is 0 Å². The fourth-order valence-corrected chi connectivity index (χ4v) is 3.91. The molecule has 0 spiro atoms. The van der Waals surface area contributed by atoms with Crippen LogP contribution in [-0.2, 0) is 11.3 Å². The molecule has 136 valence electrons. The number of ether oxygens (including phenoxy) is 1. The number of benzene rings is 2. The summed E-state index contributed by atoms with van der Waals surface area (Å²) in [6.45, 7) is 0.0954. The Bertz CT molecular complexity index is 1290. The number of carbonyl (C=O) groups excluding carboxylic acids is 1. The van der Waals surface area contributed by atoms with Crippen LogP contribution in [0.15, 0.2) is 76.8 Å². The van der Waals surface area contributed by atoms with Crippen LogP contribution in [0.3, 0.4) is 0 Å². The fraction of sp³-hybridized carbons (Fsp3) is 0.0455. The molecular formula is C22H14N2O3S.